The second-order valence-electron chi connectivity index (χ2n) is 4.29. The van der Waals surface area contributed by atoms with Crippen LogP contribution in [0.4, 0.5) is 0 Å². The van der Waals surface area contributed by atoms with E-state index in [4.69, 9.17) is 10.5 Å². The van der Waals surface area contributed by atoms with Crippen molar-refractivity contribution >= 4 is 18.4 Å². The summed E-state index contributed by atoms with van der Waals surface area (Å²) in [6.45, 7) is 0.528. The van der Waals surface area contributed by atoms with Gasteiger partial charge >= 0.3 is 5.97 Å². The number of hydrogen-bond acceptors (Lipinski definition) is 3. The lowest BCUT2D eigenvalue weighted by molar-refractivity contribution is -0.146. The SMILES string of the molecule is Cl.NCC(C(=O)OCc1ccccc1)c1ccccc1. The lowest BCUT2D eigenvalue weighted by Crippen LogP contribution is -2.23. The highest BCUT2D eigenvalue weighted by atomic mass is 35.5. The molecule has 0 heterocycles. The smallest absolute Gasteiger partial charge is 0.315 e. The van der Waals surface area contributed by atoms with Crippen LogP contribution < -0.4 is 5.73 Å². The van der Waals surface area contributed by atoms with E-state index in [2.05, 4.69) is 0 Å². The maximum atomic E-state index is 12.0. The third-order valence-corrected chi connectivity index (χ3v) is 2.95. The molecule has 2 rings (SSSR count). The predicted octanol–water partition coefficient (Wildman–Crippen LogP) is 2.89. The highest BCUT2D eigenvalue weighted by Gasteiger charge is 2.20. The lowest BCUT2D eigenvalue weighted by Gasteiger charge is -2.14. The topological polar surface area (TPSA) is 52.3 Å². The van der Waals surface area contributed by atoms with Gasteiger partial charge in [-0.3, -0.25) is 4.79 Å². The van der Waals surface area contributed by atoms with Crippen LogP contribution in [0, 0.1) is 0 Å². The zero-order valence-electron chi connectivity index (χ0n) is 11.1. The Morgan fingerprint density at radius 2 is 1.55 bits per heavy atom. The Morgan fingerprint density at radius 1 is 1.00 bits per heavy atom. The van der Waals surface area contributed by atoms with E-state index < -0.39 is 5.92 Å². The van der Waals surface area contributed by atoms with Crippen LogP contribution in [0.15, 0.2) is 60.7 Å². The molecule has 0 bridgehead atoms. The summed E-state index contributed by atoms with van der Waals surface area (Å²) in [6, 6.07) is 19.1. The zero-order valence-corrected chi connectivity index (χ0v) is 11.9. The molecule has 3 nitrogen and oxygen atoms in total. The van der Waals surface area contributed by atoms with Gasteiger partial charge in [-0.1, -0.05) is 60.7 Å². The number of nitrogens with two attached hydrogens (primary N) is 1. The van der Waals surface area contributed by atoms with Crippen molar-refractivity contribution in [3.8, 4) is 0 Å². The second kappa shape index (κ2) is 8.35. The molecule has 0 spiro atoms. The summed E-state index contributed by atoms with van der Waals surface area (Å²) in [4.78, 5) is 12.0. The first-order valence-electron chi connectivity index (χ1n) is 6.27. The first-order valence-corrected chi connectivity index (χ1v) is 6.27. The predicted molar refractivity (Wildman–Crippen MR) is 81.7 cm³/mol. The first kappa shape index (κ1) is 16.2. The van der Waals surface area contributed by atoms with Crippen molar-refractivity contribution in [1.29, 1.82) is 0 Å². The van der Waals surface area contributed by atoms with Gasteiger partial charge in [0.2, 0.25) is 0 Å². The summed E-state index contributed by atoms with van der Waals surface area (Å²) in [5.41, 5.74) is 7.54. The molecule has 0 saturated carbocycles. The van der Waals surface area contributed by atoms with E-state index in [1.54, 1.807) is 0 Å². The van der Waals surface area contributed by atoms with Crippen molar-refractivity contribution in [2.75, 3.05) is 6.54 Å². The third kappa shape index (κ3) is 4.37. The van der Waals surface area contributed by atoms with Gasteiger partial charge in [-0.2, -0.15) is 0 Å². The molecular formula is C16H18ClNO2. The number of hydrogen-bond donors (Lipinski definition) is 1. The van der Waals surface area contributed by atoms with Gasteiger partial charge in [0, 0.05) is 6.54 Å². The molecular weight excluding hydrogens is 274 g/mol. The molecule has 4 heteroatoms. The zero-order chi connectivity index (χ0) is 13.5. The Bertz CT molecular complexity index is 517. The molecule has 20 heavy (non-hydrogen) atoms. The van der Waals surface area contributed by atoms with E-state index in [0.717, 1.165) is 11.1 Å². The molecule has 0 radical (unpaired) electrons. The Hall–Kier alpha value is -1.84. The van der Waals surface area contributed by atoms with E-state index in [-0.39, 0.29) is 31.5 Å². The third-order valence-electron chi connectivity index (χ3n) is 2.95. The van der Waals surface area contributed by atoms with Crippen molar-refractivity contribution in [3.63, 3.8) is 0 Å². The standard InChI is InChI=1S/C16H17NO2.ClH/c17-11-15(14-9-5-2-6-10-14)16(18)19-12-13-7-3-1-4-8-13;/h1-10,15H,11-12,17H2;1H. The minimum atomic E-state index is -0.398. The maximum absolute atomic E-state index is 12.0. The van der Waals surface area contributed by atoms with Crippen molar-refractivity contribution in [2.45, 2.75) is 12.5 Å². The Kier molecular flexibility index (Phi) is 6.77. The molecule has 0 amide bonds. The van der Waals surface area contributed by atoms with Gasteiger partial charge in [-0.05, 0) is 11.1 Å². The summed E-state index contributed by atoms with van der Waals surface area (Å²) >= 11 is 0. The average molecular weight is 292 g/mol. The molecule has 2 aromatic rings. The van der Waals surface area contributed by atoms with Gasteiger partial charge in [0.15, 0.2) is 0 Å². The largest absolute Gasteiger partial charge is 0.460 e. The number of carbonyl (C=O) groups excluding carboxylic acids is 1. The highest BCUT2D eigenvalue weighted by Crippen LogP contribution is 2.16. The summed E-state index contributed by atoms with van der Waals surface area (Å²) in [6.07, 6.45) is 0. The van der Waals surface area contributed by atoms with Crippen molar-refractivity contribution in [1.82, 2.24) is 0 Å². The van der Waals surface area contributed by atoms with Gasteiger partial charge in [0.05, 0.1) is 5.92 Å². The highest BCUT2D eigenvalue weighted by molar-refractivity contribution is 5.85. The summed E-state index contributed by atoms with van der Waals surface area (Å²) in [5.74, 6) is -0.678. The molecule has 106 valence electrons. The molecule has 0 fully saturated rings. The quantitative estimate of drug-likeness (QED) is 0.862. The fraction of sp³-hybridized carbons (Fsp3) is 0.188. The van der Waals surface area contributed by atoms with E-state index >= 15 is 0 Å². The summed E-state index contributed by atoms with van der Waals surface area (Å²) in [7, 11) is 0. The van der Waals surface area contributed by atoms with Crippen LogP contribution in [0.1, 0.15) is 17.0 Å². The number of rotatable bonds is 5. The maximum Gasteiger partial charge on any atom is 0.315 e. The monoisotopic (exact) mass is 291 g/mol. The summed E-state index contributed by atoms with van der Waals surface area (Å²) in [5, 5.41) is 0. The van der Waals surface area contributed by atoms with Gasteiger partial charge < -0.3 is 10.5 Å². The minimum absolute atomic E-state index is 0. The summed E-state index contributed by atoms with van der Waals surface area (Å²) < 4.78 is 5.32. The normalized spacial score (nSPS) is 11.2. The molecule has 0 saturated heterocycles. The fourth-order valence-corrected chi connectivity index (χ4v) is 1.88. The van der Waals surface area contributed by atoms with Crippen LogP contribution in [0.2, 0.25) is 0 Å². The fourth-order valence-electron chi connectivity index (χ4n) is 1.88. The average Bonchev–Trinajstić information content (AvgIpc) is 2.48. The number of benzene rings is 2. The van der Waals surface area contributed by atoms with Gasteiger partial charge in [0.25, 0.3) is 0 Å². The van der Waals surface area contributed by atoms with Crippen LogP contribution in [-0.2, 0) is 16.1 Å². The van der Waals surface area contributed by atoms with Crippen molar-refractivity contribution in [3.05, 3.63) is 71.8 Å². The van der Waals surface area contributed by atoms with E-state index in [1.807, 2.05) is 60.7 Å². The molecule has 0 aliphatic carbocycles. The van der Waals surface area contributed by atoms with E-state index in [0.29, 0.717) is 0 Å². The molecule has 1 unspecified atom stereocenters. The van der Waals surface area contributed by atoms with Gasteiger partial charge in [0.1, 0.15) is 6.61 Å². The van der Waals surface area contributed by atoms with Crippen LogP contribution >= 0.6 is 12.4 Å². The van der Waals surface area contributed by atoms with Crippen LogP contribution in [0.5, 0.6) is 0 Å². The minimum Gasteiger partial charge on any atom is -0.460 e. The molecule has 0 aliphatic heterocycles. The first-order chi connectivity index (χ1) is 9.31. The van der Waals surface area contributed by atoms with E-state index in [9.17, 15) is 4.79 Å². The lowest BCUT2D eigenvalue weighted by atomic mass is 10.00. The van der Waals surface area contributed by atoms with Gasteiger partial charge in [-0.25, -0.2) is 0 Å². The number of ether oxygens (including phenoxy) is 1. The number of halogens is 1. The van der Waals surface area contributed by atoms with Crippen LogP contribution in [0.25, 0.3) is 0 Å². The molecule has 0 aromatic heterocycles. The molecule has 1 atom stereocenters. The Balaban J connectivity index is 0.00000200. The van der Waals surface area contributed by atoms with Gasteiger partial charge in [-0.15, -0.1) is 12.4 Å². The van der Waals surface area contributed by atoms with Crippen LogP contribution in [0.3, 0.4) is 0 Å². The molecule has 2 N–H and O–H groups in total. The molecule has 0 aliphatic rings. The second-order valence-corrected chi connectivity index (χ2v) is 4.29. The van der Waals surface area contributed by atoms with Crippen LogP contribution in [-0.4, -0.2) is 12.5 Å². The van der Waals surface area contributed by atoms with E-state index in [1.165, 1.54) is 0 Å². The number of esters is 1. The Morgan fingerprint density at radius 3 is 2.10 bits per heavy atom. The van der Waals surface area contributed by atoms with Crippen molar-refractivity contribution in [2.24, 2.45) is 5.73 Å². The Labute approximate surface area is 125 Å². The molecule has 2 aromatic carbocycles. The number of carbonyl (C=O) groups is 1. The van der Waals surface area contributed by atoms with Crippen molar-refractivity contribution < 1.29 is 9.53 Å².